The summed E-state index contributed by atoms with van der Waals surface area (Å²) in [7, 11) is 1.38. The lowest BCUT2D eigenvalue weighted by molar-refractivity contribution is -0.154. The molecule has 5 aliphatic heterocycles. The van der Waals surface area contributed by atoms with Crippen molar-refractivity contribution in [3.8, 4) is 0 Å². The molecule has 292 valence electrons. The SMILES string of the molecule is COC(=O)/C=C1\CC2CC(=O)OC(/C=C/CCCCNC(=O)N3CCC(N4CCCCCC4)CC3)C(C)/C=C/C(C)CC3CCCC(CC(C1)O2)O3. The second-order valence-electron chi connectivity index (χ2n) is 16.1. The number of rotatable bonds is 8. The lowest BCUT2D eigenvalue weighted by Crippen LogP contribution is -2.49. The lowest BCUT2D eigenvalue weighted by atomic mass is 9.89. The van der Waals surface area contributed by atoms with Gasteiger partial charge in [0.25, 0.3) is 0 Å². The van der Waals surface area contributed by atoms with Crippen LogP contribution in [0.15, 0.2) is 36.0 Å². The highest BCUT2D eigenvalue weighted by atomic mass is 16.6. The summed E-state index contributed by atoms with van der Waals surface area (Å²) in [4.78, 5) is 43.0. The topological polar surface area (TPSA) is 107 Å². The van der Waals surface area contributed by atoms with Crippen molar-refractivity contribution in [1.82, 2.24) is 15.1 Å². The molecule has 0 aromatic rings. The molecule has 2 amide bonds. The van der Waals surface area contributed by atoms with Crippen LogP contribution in [0.3, 0.4) is 0 Å². The first kappa shape index (κ1) is 40.5. The molecule has 5 heterocycles. The van der Waals surface area contributed by atoms with Gasteiger partial charge in [-0.05, 0) is 109 Å². The summed E-state index contributed by atoms with van der Waals surface area (Å²) in [6, 6.07) is 0.692. The Balaban J connectivity index is 1.11. The van der Waals surface area contributed by atoms with Gasteiger partial charge < -0.3 is 34.1 Å². The van der Waals surface area contributed by atoms with E-state index in [0.717, 1.165) is 82.9 Å². The maximum atomic E-state index is 13.4. The monoisotopic (exact) mass is 725 g/mol. The number of cyclic esters (lactones) is 1. The lowest BCUT2D eigenvalue weighted by Gasteiger charge is -2.38. The number of unbranched alkanes of at least 4 members (excludes halogenated alkanes) is 2. The standard InChI is InChI=1S/C42H67N3O7/c1-31-16-17-32(2)39(15-8-4-5-9-20-43-42(48)45-23-18-34(19-24-45)44-21-10-6-7-11-22-44)52-41(47)30-38-27-33(28-40(46)49-3)26-37(51-38)29-36-14-12-13-35(25-31)50-36/h8,15-17,28,31-32,34-39H,4-7,9-14,18-27,29-30H2,1-3H3,(H,43,48)/b15-8+,17-16+,33-28-. The number of nitrogens with one attached hydrogen (secondary N) is 1. The molecular formula is C42H67N3O7. The fraction of sp³-hybridized carbons (Fsp3) is 0.786. The molecule has 10 nitrogen and oxygen atoms in total. The summed E-state index contributed by atoms with van der Waals surface area (Å²) in [6.07, 6.45) is 25.8. The second kappa shape index (κ2) is 21.3. The minimum absolute atomic E-state index is 0.00633. The Hall–Kier alpha value is -2.69. The molecule has 0 spiro atoms. The van der Waals surface area contributed by atoms with Crippen molar-refractivity contribution in [1.29, 1.82) is 0 Å². The van der Waals surface area contributed by atoms with E-state index in [0.29, 0.717) is 31.3 Å². The predicted molar refractivity (Wildman–Crippen MR) is 203 cm³/mol. The summed E-state index contributed by atoms with van der Waals surface area (Å²) in [5.41, 5.74) is 0.944. The van der Waals surface area contributed by atoms with Crippen LogP contribution in [0.2, 0.25) is 0 Å². The molecule has 5 aliphatic rings. The minimum atomic E-state index is -0.402. The molecule has 0 saturated carbocycles. The number of allylic oxidation sites excluding steroid dienone is 2. The fourth-order valence-electron chi connectivity index (χ4n) is 8.76. The second-order valence-corrected chi connectivity index (χ2v) is 16.1. The molecule has 7 unspecified atom stereocenters. The molecular weight excluding hydrogens is 658 g/mol. The Morgan fingerprint density at radius 3 is 2.31 bits per heavy atom. The number of carbonyl (C=O) groups excluding carboxylic acids is 3. The number of likely N-dealkylation sites (tertiary alicyclic amines) is 2. The van der Waals surface area contributed by atoms with Gasteiger partial charge in [0.15, 0.2) is 0 Å². The molecule has 7 atom stereocenters. The highest BCUT2D eigenvalue weighted by molar-refractivity contribution is 5.82. The Morgan fingerprint density at radius 1 is 0.846 bits per heavy atom. The van der Waals surface area contributed by atoms with E-state index < -0.39 is 6.10 Å². The molecule has 10 heteroatoms. The van der Waals surface area contributed by atoms with Crippen LogP contribution in [0.1, 0.15) is 123 Å². The largest absolute Gasteiger partial charge is 0.466 e. The maximum absolute atomic E-state index is 13.4. The Morgan fingerprint density at radius 2 is 1.56 bits per heavy atom. The van der Waals surface area contributed by atoms with Crippen molar-refractivity contribution in [2.75, 3.05) is 39.8 Å². The van der Waals surface area contributed by atoms with Crippen molar-refractivity contribution < 1.29 is 33.3 Å². The van der Waals surface area contributed by atoms with E-state index in [9.17, 15) is 14.4 Å². The number of esters is 2. The third-order valence-electron chi connectivity index (χ3n) is 11.7. The molecule has 0 aromatic heterocycles. The Bertz CT molecular complexity index is 1220. The summed E-state index contributed by atoms with van der Waals surface area (Å²) in [5.74, 6) is -0.350. The Kier molecular flexibility index (Phi) is 16.6. The average molecular weight is 726 g/mol. The van der Waals surface area contributed by atoms with Gasteiger partial charge >= 0.3 is 18.0 Å². The highest BCUT2D eigenvalue weighted by Crippen LogP contribution is 2.34. The number of hydrogen-bond donors (Lipinski definition) is 1. The smallest absolute Gasteiger partial charge is 0.330 e. The van der Waals surface area contributed by atoms with Crippen molar-refractivity contribution in [3.05, 3.63) is 36.0 Å². The Labute approximate surface area is 313 Å². The summed E-state index contributed by atoms with van der Waals surface area (Å²) in [6.45, 7) is 9.10. The molecule has 0 radical (unpaired) electrons. The van der Waals surface area contributed by atoms with Gasteiger partial charge in [-0.1, -0.05) is 50.5 Å². The average Bonchev–Trinajstić information content (AvgIpc) is 3.42. The maximum Gasteiger partial charge on any atom is 0.330 e. The third kappa shape index (κ3) is 13.3. The van der Waals surface area contributed by atoms with Crippen LogP contribution in [0, 0.1) is 11.8 Å². The van der Waals surface area contributed by atoms with Gasteiger partial charge in [0.1, 0.15) is 6.10 Å². The molecule has 0 aromatic carbocycles. The number of piperidine rings is 1. The van der Waals surface area contributed by atoms with Gasteiger partial charge in [0.2, 0.25) is 0 Å². The molecule has 4 fully saturated rings. The van der Waals surface area contributed by atoms with E-state index >= 15 is 0 Å². The van der Waals surface area contributed by atoms with Crippen LogP contribution >= 0.6 is 0 Å². The van der Waals surface area contributed by atoms with Gasteiger partial charge in [-0.3, -0.25) is 4.79 Å². The van der Waals surface area contributed by atoms with Crippen molar-refractivity contribution in [2.24, 2.45) is 11.8 Å². The minimum Gasteiger partial charge on any atom is -0.466 e. The van der Waals surface area contributed by atoms with Crippen molar-refractivity contribution >= 4 is 18.0 Å². The fourth-order valence-corrected chi connectivity index (χ4v) is 8.76. The number of carbonyl (C=O) groups is 3. The zero-order valence-corrected chi connectivity index (χ0v) is 32.3. The van der Waals surface area contributed by atoms with E-state index in [1.807, 2.05) is 11.0 Å². The van der Waals surface area contributed by atoms with Crippen LogP contribution in [0.4, 0.5) is 4.79 Å². The van der Waals surface area contributed by atoms with Crippen molar-refractivity contribution in [2.45, 2.75) is 160 Å². The molecule has 4 saturated heterocycles. The van der Waals surface area contributed by atoms with E-state index in [4.69, 9.17) is 18.9 Å². The number of amides is 2. The molecule has 5 rings (SSSR count). The van der Waals surface area contributed by atoms with E-state index in [2.05, 4.69) is 42.3 Å². The number of urea groups is 1. The number of ether oxygens (including phenoxy) is 4. The zero-order chi connectivity index (χ0) is 36.7. The van der Waals surface area contributed by atoms with E-state index in [1.54, 1.807) is 6.08 Å². The quantitative estimate of drug-likeness (QED) is 0.121. The van der Waals surface area contributed by atoms with Gasteiger partial charge in [-0.25, -0.2) is 9.59 Å². The highest BCUT2D eigenvalue weighted by Gasteiger charge is 2.33. The van der Waals surface area contributed by atoms with Crippen LogP contribution in [-0.4, -0.2) is 104 Å². The first-order valence-electron chi connectivity index (χ1n) is 20.6. The number of hydrogen-bond acceptors (Lipinski definition) is 8. The third-order valence-corrected chi connectivity index (χ3v) is 11.7. The molecule has 1 N–H and O–H groups in total. The van der Waals surface area contributed by atoms with Gasteiger partial charge in [0.05, 0.1) is 37.9 Å². The van der Waals surface area contributed by atoms with Gasteiger partial charge in [0, 0.05) is 44.1 Å². The first-order valence-corrected chi connectivity index (χ1v) is 20.6. The van der Waals surface area contributed by atoms with Gasteiger partial charge in [-0.2, -0.15) is 0 Å². The van der Waals surface area contributed by atoms with E-state index in [1.165, 1.54) is 45.9 Å². The molecule has 4 bridgehead atoms. The molecule has 0 aliphatic carbocycles. The zero-order valence-electron chi connectivity index (χ0n) is 32.3. The number of nitrogens with zero attached hydrogens (tertiary/aromatic N) is 2. The number of methoxy groups -OCH3 is 1. The first-order chi connectivity index (χ1) is 25.2. The van der Waals surface area contributed by atoms with Crippen LogP contribution in [0.25, 0.3) is 0 Å². The van der Waals surface area contributed by atoms with E-state index in [-0.39, 0.29) is 54.7 Å². The van der Waals surface area contributed by atoms with Gasteiger partial charge in [-0.15, -0.1) is 0 Å². The van der Waals surface area contributed by atoms with Crippen LogP contribution < -0.4 is 5.32 Å². The van der Waals surface area contributed by atoms with Crippen molar-refractivity contribution in [3.63, 3.8) is 0 Å². The molecule has 52 heavy (non-hydrogen) atoms. The number of fused-ring (bicyclic) bond motifs is 4. The summed E-state index contributed by atoms with van der Waals surface area (Å²) in [5, 5.41) is 3.14. The van der Waals surface area contributed by atoms with Crippen LogP contribution in [0.5, 0.6) is 0 Å². The normalized spacial score (nSPS) is 33.3. The van der Waals surface area contributed by atoms with Crippen LogP contribution in [-0.2, 0) is 28.5 Å². The summed E-state index contributed by atoms with van der Waals surface area (Å²) < 4.78 is 24.1. The predicted octanol–water partition coefficient (Wildman–Crippen LogP) is 7.27. The summed E-state index contributed by atoms with van der Waals surface area (Å²) >= 11 is 0.